The van der Waals surface area contributed by atoms with Crippen LogP contribution >= 0.6 is 0 Å². The predicted octanol–water partition coefficient (Wildman–Crippen LogP) is 4.16. The van der Waals surface area contributed by atoms with Crippen LogP contribution in [0.3, 0.4) is 0 Å². The smallest absolute Gasteiger partial charge is 0.0302 e. The van der Waals surface area contributed by atoms with Gasteiger partial charge >= 0.3 is 0 Å². The monoisotopic (exact) mass is 262 g/mol. The van der Waals surface area contributed by atoms with E-state index in [4.69, 9.17) is 5.84 Å². The number of hydrogen-bond acceptors (Lipinski definition) is 2. The van der Waals surface area contributed by atoms with E-state index in [1.165, 1.54) is 37.7 Å². The second-order valence-corrected chi connectivity index (χ2v) is 6.01. The number of nitrogens with two attached hydrogens (primary N) is 1. The van der Waals surface area contributed by atoms with Crippen molar-refractivity contribution in [2.24, 2.45) is 5.84 Å². The first-order valence-corrected chi connectivity index (χ1v) is 7.64. The van der Waals surface area contributed by atoms with Gasteiger partial charge in [0, 0.05) is 11.5 Å². The standard InChI is InChI=1S/C17H30N2/c1-4-5-6-7-11-14-16(19-18)17(2,3)15-12-9-8-10-13-15/h8-10,12-13,16,19H,4-7,11,14,18H2,1-3H3. The molecule has 0 saturated heterocycles. The Kier molecular flexibility index (Phi) is 7.11. The van der Waals surface area contributed by atoms with E-state index in [0.29, 0.717) is 6.04 Å². The van der Waals surface area contributed by atoms with Gasteiger partial charge in [0.15, 0.2) is 0 Å². The molecule has 0 amide bonds. The number of benzene rings is 1. The van der Waals surface area contributed by atoms with Crippen LogP contribution in [0.25, 0.3) is 0 Å². The third-order valence-electron chi connectivity index (χ3n) is 4.19. The van der Waals surface area contributed by atoms with E-state index in [-0.39, 0.29) is 5.41 Å². The molecule has 2 nitrogen and oxygen atoms in total. The van der Waals surface area contributed by atoms with Crippen molar-refractivity contribution in [1.82, 2.24) is 5.43 Å². The zero-order chi connectivity index (χ0) is 14.1. The molecule has 108 valence electrons. The van der Waals surface area contributed by atoms with Gasteiger partial charge in [-0.3, -0.25) is 11.3 Å². The van der Waals surface area contributed by atoms with Crippen LogP contribution in [0.2, 0.25) is 0 Å². The van der Waals surface area contributed by atoms with E-state index in [2.05, 4.69) is 56.5 Å². The Morgan fingerprint density at radius 2 is 1.68 bits per heavy atom. The van der Waals surface area contributed by atoms with Crippen molar-refractivity contribution in [2.45, 2.75) is 70.8 Å². The highest BCUT2D eigenvalue weighted by molar-refractivity contribution is 5.25. The summed E-state index contributed by atoms with van der Waals surface area (Å²) in [5, 5.41) is 0. The fourth-order valence-electron chi connectivity index (χ4n) is 2.67. The van der Waals surface area contributed by atoms with Crippen molar-refractivity contribution in [1.29, 1.82) is 0 Å². The van der Waals surface area contributed by atoms with Gasteiger partial charge in [-0.15, -0.1) is 0 Å². The molecule has 0 aromatic heterocycles. The average Bonchev–Trinajstić information content (AvgIpc) is 2.43. The van der Waals surface area contributed by atoms with Crippen molar-refractivity contribution in [3.8, 4) is 0 Å². The van der Waals surface area contributed by atoms with E-state index < -0.39 is 0 Å². The van der Waals surface area contributed by atoms with Crippen LogP contribution in [0.15, 0.2) is 30.3 Å². The maximum Gasteiger partial charge on any atom is 0.0302 e. The second-order valence-electron chi connectivity index (χ2n) is 6.01. The van der Waals surface area contributed by atoms with Gasteiger partial charge in [-0.2, -0.15) is 0 Å². The molecular formula is C17H30N2. The second kappa shape index (κ2) is 8.34. The maximum atomic E-state index is 5.79. The Labute approximate surface area is 118 Å². The number of hydrazine groups is 1. The van der Waals surface area contributed by atoms with Crippen LogP contribution in [0, 0.1) is 0 Å². The summed E-state index contributed by atoms with van der Waals surface area (Å²) in [5.41, 5.74) is 4.46. The molecule has 1 aromatic rings. The predicted molar refractivity (Wildman–Crippen MR) is 84.0 cm³/mol. The van der Waals surface area contributed by atoms with Gasteiger partial charge in [-0.25, -0.2) is 0 Å². The minimum Gasteiger partial charge on any atom is -0.271 e. The first kappa shape index (κ1) is 16.2. The fraction of sp³-hybridized carbons (Fsp3) is 0.647. The third-order valence-corrected chi connectivity index (χ3v) is 4.19. The Bertz CT molecular complexity index is 332. The molecule has 0 spiro atoms. The quantitative estimate of drug-likeness (QED) is 0.398. The van der Waals surface area contributed by atoms with Crippen molar-refractivity contribution >= 4 is 0 Å². The van der Waals surface area contributed by atoms with Crippen molar-refractivity contribution in [3.05, 3.63) is 35.9 Å². The molecule has 0 aliphatic heterocycles. The van der Waals surface area contributed by atoms with Gasteiger partial charge in [0.25, 0.3) is 0 Å². The summed E-state index contributed by atoms with van der Waals surface area (Å²) in [6.07, 6.45) is 7.71. The Balaban J connectivity index is 2.53. The molecule has 1 atom stereocenters. The van der Waals surface area contributed by atoms with Gasteiger partial charge in [-0.05, 0) is 12.0 Å². The number of nitrogens with one attached hydrogen (secondary N) is 1. The summed E-state index contributed by atoms with van der Waals surface area (Å²) >= 11 is 0. The van der Waals surface area contributed by atoms with Gasteiger partial charge in [0.2, 0.25) is 0 Å². The largest absolute Gasteiger partial charge is 0.271 e. The third kappa shape index (κ3) is 4.96. The van der Waals surface area contributed by atoms with Crippen molar-refractivity contribution in [3.63, 3.8) is 0 Å². The van der Waals surface area contributed by atoms with Gasteiger partial charge in [0.05, 0.1) is 0 Å². The van der Waals surface area contributed by atoms with E-state index in [9.17, 15) is 0 Å². The van der Waals surface area contributed by atoms with E-state index >= 15 is 0 Å². The highest BCUT2D eigenvalue weighted by atomic mass is 15.2. The number of rotatable bonds is 9. The zero-order valence-corrected chi connectivity index (χ0v) is 12.8. The normalized spacial score (nSPS) is 13.5. The lowest BCUT2D eigenvalue weighted by Crippen LogP contribution is -2.48. The summed E-state index contributed by atoms with van der Waals surface area (Å²) in [6, 6.07) is 11.0. The lowest BCUT2D eigenvalue weighted by Gasteiger charge is -2.34. The number of unbranched alkanes of at least 4 members (excludes halogenated alkanes) is 4. The molecule has 1 rings (SSSR count). The van der Waals surface area contributed by atoms with Crippen molar-refractivity contribution < 1.29 is 0 Å². The number of hydrogen-bond donors (Lipinski definition) is 2. The van der Waals surface area contributed by atoms with Crippen LogP contribution in [0.1, 0.15) is 64.9 Å². The van der Waals surface area contributed by atoms with Crippen LogP contribution < -0.4 is 11.3 Å². The molecule has 0 saturated carbocycles. The summed E-state index contributed by atoms with van der Waals surface area (Å²) in [7, 11) is 0. The maximum absolute atomic E-state index is 5.79. The molecule has 1 unspecified atom stereocenters. The summed E-state index contributed by atoms with van der Waals surface area (Å²) in [6.45, 7) is 6.81. The fourth-order valence-corrected chi connectivity index (χ4v) is 2.67. The molecule has 2 heteroatoms. The molecule has 0 aliphatic carbocycles. The van der Waals surface area contributed by atoms with Gasteiger partial charge in [-0.1, -0.05) is 83.2 Å². The molecule has 1 aromatic carbocycles. The highest BCUT2D eigenvalue weighted by Gasteiger charge is 2.29. The molecule has 0 fully saturated rings. The topological polar surface area (TPSA) is 38.0 Å². The van der Waals surface area contributed by atoms with Gasteiger partial charge in [0.1, 0.15) is 0 Å². The van der Waals surface area contributed by atoms with Crippen LogP contribution in [-0.2, 0) is 5.41 Å². The summed E-state index contributed by atoms with van der Waals surface area (Å²) < 4.78 is 0. The van der Waals surface area contributed by atoms with Crippen LogP contribution in [0.4, 0.5) is 0 Å². The molecule has 0 heterocycles. The summed E-state index contributed by atoms with van der Waals surface area (Å²) in [5.74, 6) is 5.79. The molecule has 19 heavy (non-hydrogen) atoms. The van der Waals surface area contributed by atoms with Crippen LogP contribution in [0.5, 0.6) is 0 Å². The first-order chi connectivity index (χ1) is 9.12. The minimum atomic E-state index is 0.0702. The average molecular weight is 262 g/mol. The molecular weight excluding hydrogens is 232 g/mol. The molecule has 0 aliphatic rings. The first-order valence-electron chi connectivity index (χ1n) is 7.64. The molecule has 3 N–H and O–H groups in total. The minimum absolute atomic E-state index is 0.0702. The van der Waals surface area contributed by atoms with Crippen LogP contribution in [-0.4, -0.2) is 6.04 Å². The lowest BCUT2D eigenvalue weighted by molar-refractivity contribution is 0.316. The van der Waals surface area contributed by atoms with Gasteiger partial charge < -0.3 is 0 Å². The highest BCUT2D eigenvalue weighted by Crippen LogP contribution is 2.29. The molecule has 0 bridgehead atoms. The Morgan fingerprint density at radius 3 is 2.26 bits per heavy atom. The van der Waals surface area contributed by atoms with E-state index in [0.717, 1.165) is 6.42 Å². The lowest BCUT2D eigenvalue weighted by atomic mass is 9.76. The summed E-state index contributed by atoms with van der Waals surface area (Å²) in [4.78, 5) is 0. The van der Waals surface area contributed by atoms with E-state index in [1.54, 1.807) is 0 Å². The van der Waals surface area contributed by atoms with E-state index in [1.807, 2.05) is 0 Å². The Morgan fingerprint density at radius 1 is 1.05 bits per heavy atom. The molecule has 0 radical (unpaired) electrons. The van der Waals surface area contributed by atoms with Crippen molar-refractivity contribution in [2.75, 3.05) is 0 Å². The SMILES string of the molecule is CCCCCCCC(NN)C(C)(C)c1ccccc1. The Hall–Kier alpha value is -0.860. The zero-order valence-electron chi connectivity index (χ0n) is 12.8.